The second-order valence-electron chi connectivity index (χ2n) is 16.2. The summed E-state index contributed by atoms with van der Waals surface area (Å²) >= 11 is 0. The van der Waals surface area contributed by atoms with E-state index in [4.69, 9.17) is 18.9 Å². The lowest BCUT2D eigenvalue weighted by Gasteiger charge is -2.36. The quantitative estimate of drug-likeness (QED) is 0.248. The predicted molar refractivity (Wildman–Crippen MR) is 197 cm³/mol. The van der Waals surface area contributed by atoms with Gasteiger partial charge in [-0.05, 0) is 74.8 Å². The average Bonchev–Trinajstić information content (AvgIpc) is 3.00. The summed E-state index contributed by atoms with van der Waals surface area (Å²) in [6.45, 7) is 21.3. The third kappa shape index (κ3) is 19.9. The minimum absolute atomic E-state index is 0.0178. The molecule has 1 heterocycles. The van der Waals surface area contributed by atoms with Gasteiger partial charge in [-0.2, -0.15) is 0 Å². The number of hydrogen-bond donors (Lipinski definition) is 1. The molecule has 1 saturated heterocycles. The fourth-order valence-corrected chi connectivity index (χ4v) is 5.35. The Balaban J connectivity index is 2.25. The Hall–Kier alpha value is -3.59. The molecule has 52 heavy (non-hydrogen) atoms. The van der Waals surface area contributed by atoms with E-state index in [2.05, 4.69) is 5.32 Å². The van der Waals surface area contributed by atoms with Gasteiger partial charge in [-0.1, -0.05) is 30.3 Å². The van der Waals surface area contributed by atoms with Crippen LogP contribution in [0.15, 0.2) is 30.3 Å². The Morgan fingerprint density at radius 1 is 0.596 bits per heavy atom. The molecule has 14 heteroatoms. The molecule has 1 aromatic rings. The van der Waals surface area contributed by atoms with Crippen LogP contribution in [0, 0.1) is 0 Å². The van der Waals surface area contributed by atoms with E-state index in [9.17, 15) is 24.0 Å². The van der Waals surface area contributed by atoms with E-state index in [1.165, 1.54) is 0 Å². The summed E-state index contributed by atoms with van der Waals surface area (Å²) in [7, 11) is 0. The van der Waals surface area contributed by atoms with Crippen LogP contribution in [0.2, 0.25) is 0 Å². The van der Waals surface area contributed by atoms with Gasteiger partial charge in [0.25, 0.3) is 0 Å². The van der Waals surface area contributed by atoms with Gasteiger partial charge in [0.05, 0.1) is 25.7 Å². The number of nitrogens with zero attached hydrogens (tertiary/aromatic N) is 4. The van der Waals surface area contributed by atoms with Gasteiger partial charge >= 0.3 is 23.9 Å². The zero-order valence-electron chi connectivity index (χ0n) is 33.1. The molecule has 0 spiro atoms. The number of nitrogens with one attached hydrogen (secondary N) is 1. The Morgan fingerprint density at radius 3 is 1.33 bits per heavy atom. The van der Waals surface area contributed by atoms with Gasteiger partial charge in [0.15, 0.2) is 0 Å². The summed E-state index contributed by atoms with van der Waals surface area (Å²) in [5, 5.41) is 2.70. The number of carbonyl (C=O) groups excluding carboxylic acids is 5. The van der Waals surface area contributed by atoms with Crippen LogP contribution in [-0.4, -0.2) is 151 Å². The molecule has 1 unspecified atom stereocenters. The number of hydrogen-bond acceptors (Lipinski definition) is 13. The van der Waals surface area contributed by atoms with E-state index in [1.54, 1.807) is 6.92 Å². The first-order valence-electron chi connectivity index (χ1n) is 18.1. The zero-order valence-corrected chi connectivity index (χ0v) is 33.1. The van der Waals surface area contributed by atoms with Gasteiger partial charge in [0.2, 0.25) is 5.91 Å². The van der Waals surface area contributed by atoms with Crippen molar-refractivity contribution in [3.05, 3.63) is 35.9 Å². The molecule has 0 aromatic heterocycles. The minimum atomic E-state index is -0.662. The SMILES string of the molecule is CC(C(=O)NCC(=O)OCc1ccccc1)N1CCN(CC(=O)OC(C)(C)C)CCN(CC(=O)OC(C)(C)C)CCN(CC(=O)OC(C)(C)C)CC1. The maximum Gasteiger partial charge on any atom is 0.325 e. The third-order valence-corrected chi connectivity index (χ3v) is 7.77. The van der Waals surface area contributed by atoms with Crippen molar-refractivity contribution >= 4 is 29.8 Å². The predicted octanol–water partition coefficient (Wildman–Crippen LogP) is 2.48. The normalized spacial score (nSPS) is 17.2. The summed E-state index contributed by atoms with van der Waals surface area (Å²) in [6.07, 6.45) is 0. The molecule has 1 atom stereocenters. The van der Waals surface area contributed by atoms with Crippen molar-refractivity contribution in [1.29, 1.82) is 0 Å². The lowest BCUT2D eigenvalue weighted by Crippen LogP contribution is -2.53. The molecule has 1 N–H and O–H groups in total. The van der Waals surface area contributed by atoms with Gasteiger partial charge in [-0.3, -0.25) is 43.6 Å². The average molecular weight is 734 g/mol. The van der Waals surface area contributed by atoms with Crippen molar-refractivity contribution in [3.63, 3.8) is 0 Å². The molecule has 1 aliphatic heterocycles. The first-order valence-corrected chi connectivity index (χ1v) is 18.1. The summed E-state index contributed by atoms with van der Waals surface area (Å²) < 4.78 is 22.2. The molecule has 0 saturated carbocycles. The van der Waals surface area contributed by atoms with Crippen LogP contribution in [-0.2, 0) is 49.5 Å². The maximum atomic E-state index is 13.4. The van der Waals surface area contributed by atoms with Crippen molar-refractivity contribution in [2.45, 2.75) is 98.7 Å². The molecule has 1 aromatic carbocycles. The number of rotatable bonds is 12. The van der Waals surface area contributed by atoms with Gasteiger partial charge in [-0.25, -0.2) is 0 Å². The molecule has 2 rings (SSSR count). The van der Waals surface area contributed by atoms with Crippen LogP contribution in [0.4, 0.5) is 0 Å². The van der Waals surface area contributed by atoms with Crippen LogP contribution < -0.4 is 5.32 Å². The zero-order chi connectivity index (χ0) is 39.1. The van der Waals surface area contributed by atoms with Crippen molar-refractivity contribution in [2.75, 3.05) is 78.5 Å². The first-order chi connectivity index (χ1) is 24.1. The highest BCUT2D eigenvalue weighted by Crippen LogP contribution is 2.12. The first kappa shape index (κ1) is 44.6. The summed E-state index contributed by atoms with van der Waals surface area (Å²) in [5.41, 5.74) is -1.13. The van der Waals surface area contributed by atoms with Crippen LogP contribution in [0.5, 0.6) is 0 Å². The lowest BCUT2D eigenvalue weighted by molar-refractivity contribution is -0.158. The molecule has 0 radical (unpaired) electrons. The van der Waals surface area contributed by atoms with E-state index >= 15 is 0 Å². The van der Waals surface area contributed by atoms with E-state index in [0.29, 0.717) is 52.4 Å². The molecule has 14 nitrogen and oxygen atoms in total. The molecule has 1 amide bonds. The minimum Gasteiger partial charge on any atom is -0.460 e. The number of benzene rings is 1. The van der Waals surface area contributed by atoms with E-state index in [0.717, 1.165) is 5.56 Å². The van der Waals surface area contributed by atoms with Gasteiger partial charge < -0.3 is 24.3 Å². The fraction of sp³-hybridized carbons (Fsp3) is 0.711. The third-order valence-electron chi connectivity index (χ3n) is 7.77. The van der Waals surface area contributed by atoms with Gasteiger partial charge in [0, 0.05) is 52.4 Å². The Bertz CT molecular complexity index is 1260. The second kappa shape index (κ2) is 20.6. The fourth-order valence-electron chi connectivity index (χ4n) is 5.35. The largest absolute Gasteiger partial charge is 0.460 e. The molecule has 294 valence electrons. The maximum absolute atomic E-state index is 13.4. The lowest BCUT2D eigenvalue weighted by atomic mass is 10.2. The van der Waals surface area contributed by atoms with Crippen molar-refractivity contribution in [3.8, 4) is 0 Å². The van der Waals surface area contributed by atoms with Crippen LogP contribution >= 0.6 is 0 Å². The highest BCUT2D eigenvalue weighted by atomic mass is 16.6. The van der Waals surface area contributed by atoms with Crippen molar-refractivity contribution < 1.29 is 42.9 Å². The molecular weight excluding hydrogens is 670 g/mol. The smallest absolute Gasteiger partial charge is 0.325 e. The van der Waals surface area contributed by atoms with E-state index in [1.807, 2.05) is 112 Å². The number of amides is 1. The van der Waals surface area contributed by atoms with Crippen LogP contribution in [0.1, 0.15) is 74.8 Å². The second-order valence-corrected chi connectivity index (χ2v) is 16.2. The highest BCUT2D eigenvalue weighted by Gasteiger charge is 2.28. The number of ether oxygens (including phenoxy) is 4. The summed E-state index contributed by atoms with van der Waals surface area (Å²) in [4.78, 5) is 72.5. The standard InChI is InChI=1S/C38H63N5O9/c1-29(35(48)39-24-31(44)49-28-30-14-12-11-13-15-30)43-22-20-41(26-33(46)51-37(5,6)7)18-16-40(25-32(45)50-36(2,3)4)17-19-42(21-23-43)27-34(47)52-38(8,9)10/h11-15,29H,16-28H2,1-10H3,(H,39,48). The van der Waals surface area contributed by atoms with E-state index < -0.39 is 28.8 Å². The van der Waals surface area contributed by atoms with Crippen molar-refractivity contribution in [2.24, 2.45) is 0 Å². The molecular formula is C38H63N5O9. The van der Waals surface area contributed by atoms with Crippen LogP contribution in [0.3, 0.4) is 0 Å². The van der Waals surface area contributed by atoms with Crippen LogP contribution in [0.25, 0.3) is 0 Å². The monoisotopic (exact) mass is 733 g/mol. The Kier molecular flexibility index (Phi) is 17.7. The Morgan fingerprint density at radius 2 is 0.962 bits per heavy atom. The molecule has 0 aliphatic carbocycles. The highest BCUT2D eigenvalue weighted by molar-refractivity contribution is 5.85. The number of carbonyl (C=O) groups is 5. The molecule has 1 aliphatic rings. The summed E-state index contributed by atoms with van der Waals surface area (Å²) in [6, 6.07) is 8.63. The van der Waals surface area contributed by atoms with E-state index in [-0.39, 0.29) is 56.6 Å². The molecule has 0 bridgehead atoms. The molecule has 1 fully saturated rings. The summed E-state index contributed by atoms with van der Waals surface area (Å²) in [5.74, 6) is -2.04. The van der Waals surface area contributed by atoms with Crippen molar-refractivity contribution in [1.82, 2.24) is 24.9 Å². The van der Waals surface area contributed by atoms with Gasteiger partial charge in [0.1, 0.15) is 30.0 Å². The Labute approximate surface area is 310 Å². The topological polar surface area (TPSA) is 147 Å². The van der Waals surface area contributed by atoms with Gasteiger partial charge in [-0.15, -0.1) is 0 Å². The number of esters is 4.